The first-order valence-corrected chi connectivity index (χ1v) is 2.55. The Morgan fingerprint density at radius 2 is 2.50 bits per heavy atom. The van der Waals surface area contributed by atoms with Crippen LogP contribution in [0.15, 0.2) is 11.6 Å². The molecule has 0 radical (unpaired) electrons. The number of rotatable bonds is 0. The second kappa shape index (κ2) is 3.69. The van der Waals surface area contributed by atoms with Crippen molar-refractivity contribution in [3.63, 3.8) is 0 Å². The van der Waals surface area contributed by atoms with Gasteiger partial charge in [0, 0.05) is 25.7 Å². The quantitative estimate of drug-likeness (QED) is 0.514. The predicted molar refractivity (Wildman–Crippen MR) is 24.7 cm³/mol. The Balaban J connectivity index is 0.000000250. The first-order chi connectivity index (χ1) is 2.50. The fourth-order valence-electron chi connectivity index (χ4n) is 0.241. The molecule has 6 heavy (non-hydrogen) atoms. The van der Waals surface area contributed by atoms with Crippen molar-refractivity contribution in [2.45, 2.75) is 0 Å². The van der Waals surface area contributed by atoms with Crippen LogP contribution in [0.5, 0.6) is 0 Å². The number of hydrogen-bond donors (Lipinski definition) is 1. The van der Waals surface area contributed by atoms with Gasteiger partial charge in [-0.05, 0) is 5.41 Å². The molecule has 0 aromatic carbocycles. The summed E-state index contributed by atoms with van der Waals surface area (Å²) in [5, 5.41) is 5.05. The van der Waals surface area contributed by atoms with Gasteiger partial charge in [0.25, 0.3) is 0 Å². The third-order valence-electron chi connectivity index (χ3n) is 0.449. The maximum absolute atomic E-state index is 3.00. The van der Waals surface area contributed by atoms with Crippen molar-refractivity contribution < 1.29 is 19.5 Å². The van der Waals surface area contributed by atoms with E-state index < -0.39 is 0 Å². The molecule has 0 aromatic heterocycles. The molecule has 0 unspecified atom stereocenters. The Kier molecular flexibility index (Phi) is 4.01. The van der Waals surface area contributed by atoms with Crippen molar-refractivity contribution in [3.8, 4) is 0 Å². The monoisotopic (exact) mass is 151 g/mol. The van der Waals surface area contributed by atoms with Crippen molar-refractivity contribution in [1.29, 1.82) is 0 Å². The fourth-order valence-corrected chi connectivity index (χ4v) is 0.722. The third-order valence-corrected chi connectivity index (χ3v) is 1.11. The molecule has 0 bridgehead atoms. The molecule has 1 N–H and O–H groups in total. The molecule has 0 atom stereocenters. The second-order valence-corrected chi connectivity index (χ2v) is 1.71. The van der Waals surface area contributed by atoms with Crippen LogP contribution < -0.4 is 5.32 Å². The van der Waals surface area contributed by atoms with Crippen molar-refractivity contribution in [2.75, 3.05) is 5.88 Å². The number of hydrogen-bond acceptors (Lipinski definition) is 2. The standard InChI is InChI=1S/C3H5NS.Zn/c1-2-5-3-4-1;/h1-2,4H,3H2;. The maximum Gasteiger partial charge on any atom is 0.0646 e. The van der Waals surface area contributed by atoms with Gasteiger partial charge in [-0.25, -0.2) is 0 Å². The van der Waals surface area contributed by atoms with E-state index in [0.29, 0.717) is 0 Å². The molecule has 1 aliphatic rings. The average molecular weight is 153 g/mol. The molecular formula is C3H5NSZn. The Hall–Kier alpha value is 0.513. The Labute approximate surface area is 54.3 Å². The topological polar surface area (TPSA) is 12.0 Å². The molecule has 0 fully saturated rings. The van der Waals surface area contributed by atoms with E-state index >= 15 is 0 Å². The predicted octanol–water partition coefficient (Wildman–Crippen LogP) is 0.749. The zero-order chi connectivity index (χ0) is 3.54. The van der Waals surface area contributed by atoms with Crippen molar-refractivity contribution in [2.24, 2.45) is 0 Å². The average Bonchev–Trinajstić information content (AvgIpc) is 1.76. The van der Waals surface area contributed by atoms with Crippen LogP contribution in [0.25, 0.3) is 0 Å². The first kappa shape index (κ1) is 6.51. The normalized spacial score (nSPS) is 16.0. The van der Waals surface area contributed by atoms with E-state index in [9.17, 15) is 0 Å². The largest absolute Gasteiger partial charge is 0.381 e. The molecule has 0 saturated carbocycles. The number of nitrogens with one attached hydrogen (secondary N) is 1. The van der Waals surface area contributed by atoms with Crippen LogP contribution in [0.3, 0.4) is 0 Å². The first-order valence-electron chi connectivity index (χ1n) is 1.50. The van der Waals surface area contributed by atoms with Gasteiger partial charge < -0.3 is 5.32 Å². The van der Waals surface area contributed by atoms with Gasteiger partial charge >= 0.3 is 0 Å². The van der Waals surface area contributed by atoms with E-state index in [1.54, 1.807) is 11.8 Å². The van der Waals surface area contributed by atoms with Gasteiger partial charge in [0.2, 0.25) is 0 Å². The van der Waals surface area contributed by atoms with E-state index in [4.69, 9.17) is 0 Å². The summed E-state index contributed by atoms with van der Waals surface area (Å²) in [6, 6.07) is 0. The Morgan fingerprint density at radius 3 is 2.67 bits per heavy atom. The molecule has 1 rings (SSSR count). The molecular weight excluding hydrogens is 147 g/mol. The third kappa shape index (κ3) is 1.83. The minimum absolute atomic E-state index is 0. The van der Waals surface area contributed by atoms with E-state index in [2.05, 4.69) is 5.32 Å². The summed E-state index contributed by atoms with van der Waals surface area (Å²) in [7, 11) is 0. The smallest absolute Gasteiger partial charge is 0.0646 e. The van der Waals surface area contributed by atoms with Gasteiger partial charge in [0.15, 0.2) is 0 Å². The van der Waals surface area contributed by atoms with Gasteiger partial charge in [-0.1, -0.05) is 0 Å². The number of thioether (sulfide) groups is 1. The van der Waals surface area contributed by atoms with Gasteiger partial charge in [0.1, 0.15) is 0 Å². The van der Waals surface area contributed by atoms with Crippen LogP contribution in [0.1, 0.15) is 0 Å². The molecule has 0 spiro atoms. The summed E-state index contributed by atoms with van der Waals surface area (Å²) in [4.78, 5) is 0. The molecule has 0 saturated heterocycles. The summed E-state index contributed by atoms with van der Waals surface area (Å²) in [6.07, 6.45) is 1.95. The Morgan fingerprint density at radius 1 is 1.67 bits per heavy atom. The van der Waals surface area contributed by atoms with Crippen LogP contribution in [0, 0.1) is 0 Å². The van der Waals surface area contributed by atoms with Crippen LogP contribution in [-0.4, -0.2) is 5.88 Å². The molecule has 0 aliphatic carbocycles. The molecule has 0 aromatic rings. The van der Waals surface area contributed by atoms with Gasteiger partial charge in [-0.3, -0.25) is 0 Å². The summed E-state index contributed by atoms with van der Waals surface area (Å²) >= 11 is 1.78. The van der Waals surface area contributed by atoms with Gasteiger partial charge in [-0.2, -0.15) is 0 Å². The second-order valence-electron chi connectivity index (χ2n) is 0.818. The van der Waals surface area contributed by atoms with Crippen molar-refractivity contribution in [1.82, 2.24) is 5.32 Å². The summed E-state index contributed by atoms with van der Waals surface area (Å²) in [6.45, 7) is 0. The summed E-state index contributed by atoms with van der Waals surface area (Å²) < 4.78 is 0. The van der Waals surface area contributed by atoms with E-state index in [-0.39, 0.29) is 19.5 Å². The molecule has 1 heterocycles. The van der Waals surface area contributed by atoms with E-state index in [1.165, 1.54) is 0 Å². The summed E-state index contributed by atoms with van der Waals surface area (Å²) in [5.74, 6) is 1.06. The summed E-state index contributed by atoms with van der Waals surface area (Å²) in [5.41, 5.74) is 0. The maximum atomic E-state index is 3.00. The van der Waals surface area contributed by atoms with Gasteiger partial charge in [-0.15, -0.1) is 11.8 Å². The Bertz CT molecular complexity index is 48.8. The van der Waals surface area contributed by atoms with Crippen LogP contribution in [0.2, 0.25) is 0 Å². The minimum Gasteiger partial charge on any atom is -0.381 e. The SMILES string of the molecule is C1=CSCN1.[Zn]. The zero-order valence-electron chi connectivity index (χ0n) is 3.48. The van der Waals surface area contributed by atoms with Crippen LogP contribution in [0.4, 0.5) is 0 Å². The van der Waals surface area contributed by atoms with Crippen LogP contribution in [-0.2, 0) is 19.5 Å². The van der Waals surface area contributed by atoms with Gasteiger partial charge in [0.05, 0.1) is 5.88 Å². The molecule has 0 amide bonds. The molecule has 30 valence electrons. The fraction of sp³-hybridized carbons (Fsp3) is 0.333. The zero-order valence-corrected chi connectivity index (χ0v) is 7.26. The minimum atomic E-state index is 0. The molecule has 3 heteroatoms. The van der Waals surface area contributed by atoms with Crippen molar-refractivity contribution in [3.05, 3.63) is 11.6 Å². The van der Waals surface area contributed by atoms with Crippen molar-refractivity contribution >= 4 is 11.8 Å². The molecule has 1 aliphatic heterocycles. The van der Waals surface area contributed by atoms with Crippen LogP contribution >= 0.6 is 11.8 Å². The van der Waals surface area contributed by atoms with E-state index in [1.807, 2.05) is 11.6 Å². The van der Waals surface area contributed by atoms with E-state index in [0.717, 1.165) is 5.88 Å². The molecule has 1 nitrogen and oxygen atoms in total.